The zero-order valence-corrected chi connectivity index (χ0v) is 12.1. The van der Waals surface area contributed by atoms with E-state index < -0.39 is 0 Å². The van der Waals surface area contributed by atoms with E-state index in [4.69, 9.17) is 5.26 Å². The van der Waals surface area contributed by atoms with Gasteiger partial charge in [-0.05, 0) is 31.9 Å². The van der Waals surface area contributed by atoms with Crippen molar-refractivity contribution >= 4 is 5.69 Å². The van der Waals surface area contributed by atoms with Crippen LogP contribution >= 0.6 is 0 Å². The molecule has 1 fully saturated rings. The number of para-hydroxylation sites is 1. The first-order chi connectivity index (χ1) is 9.10. The van der Waals surface area contributed by atoms with Gasteiger partial charge in [-0.15, -0.1) is 0 Å². The van der Waals surface area contributed by atoms with E-state index in [1.54, 1.807) is 0 Å². The summed E-state index contributed by atoms with van der Waals surface area (Å²) in [6.07, 6.45) is 1.59. The minimum Gasteiger partial charge on any atom is -0.360 e. The van der Waals surface area contributed by atoms with Gasteiger partial charge in [0.15, 0.2) is 0 Å². The molecule has 1 heterocycles. The molecule has 102 valence electrons. The third-order valence-electron chi connectivity index (χ3n) is 3.91. The van der Waals surface area contributed by atoms with Gasteiger partial charge in [0, 0.05) is 24.3 Å². The van der Waals surface area contributed by atoms with Crippen LogP contribution in [0.3, 0.4) is 0 Å². The molecule has 0 amide bonds. The second kappa shape index (κ2) is 5.63. The highest BCUT2D eigenvalue weighted by molar-refractivity contribution is 5.57. The van der Waals surface area contributed by atoms with Crippen LogP contribution in [-0.2, 0) is 6.42 Å². The quantitative estimate of drug-likeness (QED) is 0.905. The van der Waals surface area contributed by atoms with E-state index in [0.717, 1.165) is 19.5 Å². The van der Waals surface area contributed by atoms with E-state index in [9.17, 15) is 0 Å². The number of nitrogens with one attached hydrogen (secondary N) is 1. The van der Waals surface area contributed by atoms with E-state index >= 15 is 0 Å². The fourth-order valence-electron chi connectivity index (χ4n) is 3.05. The van der Waals surface area contributed by atoms with Crippen molar-refractivity contribution in [3.63, 3.8) is 0 Å². The van der Waals surface area contributed by atoms with Crippen LogP contribution in [0.2, 0.25) is 0 Å². The van der Waals surface area contributed by atoms with Crippen LogP contribution in [0.1, 0.15) is 32.8 Å². The summed E-state index contributed by atoms with van der Waals surface area (Å²) in [6, 6.07) is 11.2. The molecule has 3 heteroatoms. The number of anilines is 1. The van der Waals surface area contributed by atoms with Crippen molar-refractivity contribution in [2.75, 3.05) is 18.0 Å². The fraction of sp³-hybridized carbons (Fsp3) is 0.562. The summed E-state index contributed by atoms with van der Waals surface area (Å²) in [4.78, 5) is 2.45. The number of benzene rings is 1. The first kappa shape index (κ1) is 13.9. The van der Waals surface area contributed by atoms with Gasteiger partial charge >= 0.3 is 0 Å². The molecule has 1 saturated heterocycles. The maximum absolute atomic E-state index is 9.08. The smallest absolute Gasteiger partial charge is 0.0643 e. The molecule has 0 saturated carbocycles. The predicted molar refractivity (Wildman–Crippen MR) is 79.3 cm³/mol. The van der Waals surface area contributed by atoms with Crippen molar-refractivity contribution in [3.8, 4) is 6.07 Å². The molecule has 1 atom stereocenters. The molecule has 0 spiro atoms. The number of nitriles is 1. The van der Waals surface area contributed by atoms with Gasteiger partial charge < -0.3 is 10.2 Å². The standard InChI is InChI=1S/C16H23N3/c1-4-13-7-5-6-8-15(13)19-14(9-10-17)11-18-12-16(19,2)3/h5-8,14,18H,4,9,11-12H2,1-3H3. The van der Waals surface area contributed by atoms with Crippen LogP contribution in [0.4, 0.5) is 5.69 Å². The third-order valence-corrected chi connectivity index (χ3v) is 3.91. The molecule has 2 rings (SSSR count). The zero-order chi connectivity index (χ0) is 13.9. The van der Waals surface area contributed by atoms with Crippen molar-refractivity contribution in [1.29, 1.82) is 5.26 Å². The number of hydrogen-bond acceptors (Lipinski definition) is 3. The Kier molecular flexibility index (Phi) is 4.11. The van der Waals surface area contributed by atoms with Gasteiger partial charge in [0.2, 0.25) is 0 Å². The second-order valence-corrected chi connectivity index (χ2v) is 5.81. The average Bonchev–Trinajstić information content (AvgIpc) is 2.38. The molecule has 1 aliphatic rings. The first-order valence-corrected chi connectivity index (χ1v) is 7.05. The van der Waals surface area contributed by atoms with Gasteiger partial charge in [0.05, 0.1) is 18.5 Å². The SMILES string of the molecule is CCc1ccccc1N1C(CC#N)CNCC1(C)C. The van der Waals surface area contributed by atoms with Gasteiger partial charge in [0.25, 0.3) is 0 Å². The van der Waals surface area contributed by atoms with Crippen LogP contribution in [0.15, 0.2) is 24.3 Å². The van der Waals surface area contributed by atoms with Crippen LogP contribution in [0.25, 0.3) is 0 Å². The predicted octanol–water partition coefficient (Wildman–Crippen LogP) is 2.72. The summed E-state index contributed by atoms with van der Waals surface area (Å²) < 4.78 is 0. The number of nitrogens with zero attached hydrogens (tertiary/aromatic N) is 2. The lowest BCUT2D eigenvalue weighted by Gasteiger charge is -2.50. The summed E-state index contributed by atoms with van der Waals surface area (Å²) in [5, 5.41) is 12.5. The van der Waals surface area contributed by atoms with E-state index in [-0.39, 0.29) is 11.6 Å². The Balaban J connectivity index is 2.43. The van der Waals surface area contributed by atoms with Crippen molar-refractivity contribution in [1.82, 2.24) is 5.32 Å². The lowest BCUT2D eigenvalue weighted by Crippen LogP contribution is -2.63. The monoisotopic (exact) mass is 257 g/mol. The Bertz CT molecular complexity index is 473. The molecule has 3 nitrogen and oxygen atoms in total. The van der Waals surface area contributed by atoms with Gasteiger partial charge in [-0.1, -0.05) is 25.1 Å². The highest BCUT2D eigenvalue weighted by atomic mass is 15.3. The summed E-state index contributed by atoms with van der Waals surface area (Å²) in [5.74, 6) is 0. The highest BCUT2D eigenvalue weighted by Crippen LogP contribution is 2.32. The maximum Gasteiger partial charge on any atom is 0.0643 e. The van der Waals surface area contributed by atoms with Gasteiger partial charge in [-0.25, -0.2) is 0 Å². The van der Waals surface area contributed by atoms with Crippen molar-refractivity contribution in [2.45, 2.75) is 45.2 Å². The molecule has 1 aromatic carbocycles. The lowest BCUT2D eigenvalue weighted by molar-refractivity contribution is 0.324. The minimum absolute atomic E-state index is 0.0328. The van der Waals surface area contributed by atoms with E-state index in [0.29, 0.717) is 6.42 Å². The van der Waals surface area contributed by atoms with E-state index in [1.165, 1.54) is 11.3 Å². The summed E-state index contributed by atoms with van der Waals surface area (Å²) in [6.45, 7) is 8.52. The van der Waals surface area contributed by atoms with Gasteiger partial charge in [-0.2, -0.15) is 5.26 Å². The van der Waals surface area contributed by atoms with Crippen LogP contribution < -0.4 is 10.2 Å². The topological polar surface area (TPSA) is 39.1 Å². The summed E-state index contributed by atoms with van der Waals surface area (Å²) >= 11 is 0. The number of piperazine rings is 1. The van der Waals surface area contributed by atoms with Gasteiger partial charge in [0.1, 0.15) is 0 Å². The maximum atomic E-state index is 9.08. The molecule has 1 unspecified atom stereocenters. The Morgan fingerprint density at radius 2 is 2.16 bits per heavy atom. The third kappa shape index (κ3) is 2.74. The van der Waals surface area contributed by atoms with Crippen LogP contribution in [-0.4, -0.2) is 24.7 Å². The molecule has 0 aliphatic carbocycles. The van der Waals surface area contributed by atoms with Crippen molar-refractivity contribution in [3.05, 3.63) is 29.8 Å². The van der Waals surface area contributed by atoms with E-state index in [2.05, 4.69) is 61.3 Å². The lowest BCUT2D eigenvalue weighted by atomic mass is 9.92. The molecule has 1 aromatic rings. The number of hydrogen-bond donors (Lipinski definition) is 1. The summed E-state index contributed by atoms with van der Waals surface area (Å²) in [7, 11) is 0. The minimum atomic E-state index is 0.0328. The Labute approximate surface area is 116 Å². The molecular weight excluding hydrogens is 234 g/mol. The number of rotatable bonds is 3. The molecule has 0 aromatic heterocycles. The molecule has 0 radical (unpaired) electrons. The highest BCUT2D eigenvalue weighted by Gasteiger charge is 2.36. The first-order valence-electron chi connectivity index (χ1n) is 7.05. The molecule has 19 heavy (non-hydrogen) atoms. The van der Waals surface area contributed by atoms with E-state index in [1.807, 2.05) is 0 Å². The molecule has 1 N–H and O–H groups in total. The molecule has 1 aliphatic heterocycles. The molecular formula is C16H23N3. The zero-order valence-electron chi connectivity index (χ0n) is 12.1. The normalized spacial score (nSPS) is 22.0. The Hall–Kier alpha value is -1.53. The molecule has 0 bridgehead atoms. The van der Waals surface area contributed by atoms with Crippen molar-refractivity contribution < 1.29 is 0 Å². The Morgan fingerprint density at radius 1 is 1.42 bits per heavy atom. The average molecular weight is 257 g/mol. The van der Waals surface area contributed by atoms with Gasteiger partial charge in [-0.3, -0.25) is 0 Å². The largest absolute Gasteiger partial charge is 0.360 e. The fourth-order valence-corrected chi connectivity index (χ4v) is 3.05. The second-order valence-electron chi connectivity index (χ2n) is 5.81. The Morgan fingerprint density at radius 3 is 2.84 bits per heavy atom. The summed E-state index contributed by atoms with van der Waals surface area (Å²) in [5.41, 5.74) is 2.68. The van der Waals surface area contributed by atoms with Crippen LogP contribution in [0, 0.1) is 11.3 Å². The van der Waals surface area contributed by atoms with Crippen molar-refractivity contribution in [2.24, 2.45) is 0 Å². The van der Waals surface area contributed by atoms with Crippen LogP contribution in [0.5, 0.6) is 0 Å². The number of aryl methyl sites for hydroxylation is 1.